The number of hydrogen-bond acceptors (Lipinski definition) is 2. The fourth-order valence-corrected chi connectivity index (χ4v) is 1.09. The SMILES string of the molecule is Cc1c(CO)cccc1C(=O)O. The van der Waals surface area contributed by atoms with Crippen LogP contribution in [0.3, 0.4) is 0 Å². The van der Waals surface area contributed by atoms with Gasteiger partial charge in [-0.25, -0.2) is 4.79 Å². The highest BCUT2D eigenvalue weighted by Gasteiger charge is 2.08. The van der Waals surface area contributed by atoms with Crippen molar-refractivity contribution in [2.75, 3.05) is 0 Å². The lowest BCUT2D eigenvalue weighted by atomic mass is 10.0. The van der Waals surface area contributed by atoms with Crippen molar-refractivity contribution >= 4 is 5.97 Å². The van der Waals surface area contributed by atoms with Crippen LogP contribution in [-0.4, -0.2) is 16.2 Å². The molecule has 0 aliphatic rings. The molecule has 0 atom stereocenters. The van der Waals surface area contributed by atoms with Crippen LogP contribution in [-0.2, 0) is 6.61 Å². The summed E-state index contributed by atoms with van der Waals surface area (Å²) in [5.41, 5.74) is 1.55. The molecule has 0 spiro atoms. The van der Waals surface area contributed by atoms with Gasteiger partial charge >= 0.3 is 5.97 Å². The molecule has 1 aromatic carbocycles. The fraction of sp³-hybridized carbons (Fsp3) is 0.222. The second-order valence-corrected chi connectivity index (χ2v) is 2.55. The highest BCUT2D eigenvalue weighted by molar-refractivity contribution is 5.89. The topological polar surface area (TPSA) is 57.5 Å². The molecule has 0 bridgehead atoms. The molecule has 3 nitrogen and oxygen atoms in total. The molecule has 2 N–H and O–H groups in total. The van der Waals surface area contributed by atoms with Crippen molar-refractivity contribution in [1.82, 2.24) is 0 Å². The van der Waals surface area contributed by atoms with Crippen molar-refractivity contribution in [3.8, 4) is 0 Å². The molecular weight excluding hydrogens is 156 g/mol. The molecule has 0 saturated carbocycles. The zero-order valence-corrected chi connectivity index (χ0v) is 6.74. The summed E-state index contributed by atoms with van der Waals surface area (Å²) in [4.78, 5) is 10.6. The molecule has 0 aliphatic carbocycles. The smallest absolute Gasteiger partial charge is 0.335 e. The predicted molar refractivity (Wildman–Crippen MR) is 44.1 cm³/mol. The molecule has 0 amide bonds. The van der Waals surface area contributed by atoms with Gasteiger partial charge in [0.2, 0.25) is 0 Å². The molecule has 64 valence electrons. The molecule has 0 heterocycles. The van der Waals surface area contributed by atoms with Crippen LogP contribution >= 0.6 is 0 Å². The minimum atomic E-state index is -0.956. The Labute approximate surface area is 70.3 Å². The van der Waals surface area contributed by atoms with E-state index in [4.69, 9.17) is 10.2 Å². The number of aliphatic hydroxyl groups excluding tert-OH is 1. The minimum absolute atomic E-state index is 0.118. The Morgan fingerprint density at radius 3 is 2.67 bits per heavy atom. The molecule has 1 rings (SSSR count). The monoisotopic (exact) mass is 166 g/mol. The van der Waals surface area contributed by atoms with Gasteiger partial charge in [0, 0.05) is 0 Å². The number of carboxylic acids is 1. The van der Waals surface area contributed by atoms with Crippen molar-refractivity contribution in [3.05, 3.63) is 34.9 Å². The standard InChI is InChI=1S/C9H10O3/c1-6-7(5-10)3-2-4-8(6)9(11)12/h2-4,10H,5H2,1H3,(H,11,12). The lowest BCUT2D eigenvalue weighted by Crippen LogP contribution is -2.02. The first-order valence-corrected chi connectivity index (χ1v) is 3.59. The quantitative estimate of drug-likeness (QED) is 0.693. The average molecular weight is 166 g/mol. The van der Waals surface area contributed by atoms with Crippen LogP contribution in [0.1, 0.15) is 21.5 Å². The van der Waals surface area contributed by atoms with Crippen molar-refractivity contribution in [1.29, 1.82) is 0 Å². The summed E-state index contributed by atoms with van der Waals surface area (Å²) in [7, 11) is 0. The molecule has 0 aromatic heterocycles. The van der Waals surface area contributed by atoms with E-state index in [9.17, 15) is 4.79 Å². The summed E-state index contributed by atoms with van der Waals surface area (Å²) >= 11 is 0. The van der Waals surface area contributed by atoms with Gasteiger partial charge in [-0.05, 0) is 24.1 Å². The van der Waals surface area contributed by atoms with Crippen molar-refractivity contribution < 1.29 is 15.0 Å². The van der Waals surface area contributed by atoms with Crippen LogP contribution in [0, 0.1) is 6.92 Å². The van der Waals surface area contributed by atoms with Crippen LogP contribution in [0.4, 0.5) is 0 Å². The Balaban J connectivity index is 3.23. The van der Waals surface area contributed by atoms with Crippen molar-refractivity contribution in [3.63, 3.8) is 0 Å². The Morgan fingerprint density at radius 2 is 2.17 bits per heavy atom. The van der Waals surface area contributed by atoms with Crippen molar-refractivity contribution in [2.45, 2.75) is 13.5 Å². The van der Waals surface area contributed by atoms with E-state index in [1.54, 1.807) is 19.1 Å². The van der Waals surface area contributed by atoms with Crippen LogP contribution in [0.15, 0.2) is 18.2 Å². The first-order valence-electron chi connectivity index (χ1n) is 3.59. The number of aromatic carboxylic acids is 1. The number of benzene rings is 1. The summed E-state index contributed by atoms with van der Waals surface area (Å²) in [6.45, 7) is 1.57. The number of hydrogen-bond donors (Lipinski definition) is 2. The third-order valence-corrected chi connectivity index (χ3v) is 1.85. The Hall–Kier alpha value is -1.35. The Kier molecular flexibility index (Phi) is 2.45. The highest BCUT2D eigenvalue weighted by Crippen LogP contribution is 2.13. The molecule has 3 heteroatoms. The van der Waals surface area contributed by atoms with Crippen LogP contribution in [0.5, 0.6) is 0 Å². The summed E-state index contributed by atoms with van der Waals surface area (Å²) in [5, 5.41) is 17.5. The van der Waals surface area contributed by atoms with E-state index in [-0.39, 0.29) is 12.2 Å². The third-order valence-electron chi connectivity index (χ3n) is 1.85. The van der Waals surface area contributed by atoms with E-state index in [2.05, 4.69) is 0 Å². The first kappa shape index (κ1) is 8.74. The average Bonchev–Trinajstić information content (AvgIpc) is 2.04. The first-order chi connectivity index (χ1) is 5.66. The summed E-state index contributed by atoms with van der Waals surface area (Å²) in [5.74, 6) is -0.956. The molecule has 0 saturated heterocycles. The summed E-state index contributed by atoms with van der Waals surface area (Å²) in [6, 6.07) is 4.86. The summed E-state index contributed by atoms with van der Waals surface area (Å²) < 4.78 is 0. The largest absolute Gasteiger partial charge is 0.478 e. The molecule has 0 aliphatic heterocycles. The van der Waals surface area contributed by atoms with Gasteiger partial charge in [0.1, 0.15) is 0 Å². The van der Waals surface area contributed by atoms with Gasteiger partial charge < -0.3 is 10.2 Å². The number of carbonyl (C=O) groups is 1. The van der Waals surface area contributed by atoms with Gasteiger partial charge in [-0.3, -0.25) is 0 Å². The normalized spacial score (nSPS) is 9.83. The van der Waals surface area contributed by atoms with E-state index < -0.39 is 5.97 Å². The van der Waals surface area contributed by atoms with E-state index in [0.717, 1.165) is 0 Å². The van der Waals surface area contributed by atoms with Gasteiger partial charge in [-0.1, -0.05) is 12.1 Å². The fourth-order valence-electron chi connectivity index (χ4n) is 1.09. The van der Waals surface area contributed by atoms with Crippen LogP contribution in [0.25, 0.3) is 0 Å². The van der Waals surface area contributed by atoms with Gasteiger partial charge in [-0.15, -0.1) is 0 Å². The molecule has 1 aromatic rings. The lowest BCUT2D eigenvalue weighted by Gasteiger charge is -2.04. The number of aliphatic hydroxyl groups is 1. The second kappa shape index (κ2) is 3.36. The van der Waals surface area contributed by atoms with Crippen molar-refractivity contribution in [2.24, 2.45) is 0 Å². The van der Waals surface area contributed by atoms with E-state index >= 15 is 0 Å². The van der Waals surface area contributed by atoms with E-state index in [1.807, 2.05) is 0 Å². The molecule has 0 unspecified atom stereocenters. The lowest BCUT2D eigenvalue weighted by molar-refractivity contribution is 0.0696. The molecule has 0 radical (unpaired) electrons. The molecule has 12 heavy (non-hydrogen) atoms. The third kappa shape index (κ3) is 1.46. The minimum Gasteiger partial charge on any atom is -0.478 e. The maximum atomic E-state index is 10.6. The van der Waals surface area contributed by atoms with E-state index in [0.29, 0.717) is 11.1 Å². The summed E-state index contributed by atoms with van der Waals surface area (Å²) in [6.07, 6.45) is 0. The predicted octanol–water partition coefficient (Wildman–Crippen LogP) is 1.19. The van der Waals surface area contributed by atoms with Crippen LogP contribution < -0.4 is 0 Å². The Morgan fingerprint density at radius 1 is 1.50 bits per heavy atom. The molecule has 0 fully saturated rings. The maximum Gasteiger partial charge on any atom is 0.335 e. The molecular formula is C9H10O3. The van der Waals surface area contributed by atoms with E-state index in [1.165, 1.54) is 6.07 Å². The number of rotatable bonds is 2. The van der Waals surface area contributed by atoms with Gasteiger partial charge in [0.25, 0.3) is 0 Å². The maximum absolute atomic E-state index is 10.6. The van der Waals surface area contributed by atoms with Gasteiger partial charge in [-0.2, -0.15) is 0 Å². The van der Waals surface area contributed by atoms with Crippen LogP contribution in [0.2, 0.25) is 0 Å². The van der Waals surface area contributed by atoms with Gasteiger partial charge in [0.15, 0.2) is 0 Å². The Bertz CT molecular complexity index is 305. The highest BCUT2D eigenvalue weighted by atomic mass is 16.4. The van der Waals surface area contributed by atoms with Gasteiger partial charge in [0.05, 0.1) is 12.2 Å². The second-order valence-electron chi connectivity index (χ2n) is 2.55. The zero-order valence-electron chi connectivity index (χ0n) is 6.74. The zero-order chi connectivity index (χ0) is 9.14. The number of carboxylic acid groups (broad SMARTS) is 1.